The molecule has 0 saturated carbocycles. The quantitative estimate of drug-likeness (QED) is 0.408. The van der Waals surface area contributed by atoms with Gasteiger partial charge in [0.05, 0.1) is 5.69 Å². The molecule has 0 radical (unpaired) electrons. The third-order valence-electron chi connectivity index (χ3n) is 5.48. The molecule has 0 spiro atoms. The predicted molar refractivity (Wildman–Crippen MR) is 130 cm³/mol. The number of imidazole rings is 1. The van der Waals surface area contributed by atoms with Gasteiger partial charge >= 0.3 is 0 Å². The van der Waals surface area contributed by atoms with Crippen molar-refractivity contribution in [2.75, 3.05) is 10.0 Å². The van der Waals surface area contributed by atoms with E-state index in [1.54, 1.807) is 29.6 Å². The maximum absolute atomic E-state index is 12.7. The number of hydrogen-bond donors (Lipinski definition) is 2. The van der Waals surface area contributed by atoms with E-state index in [4.69, 9.17) is 4.98 Å². The molecule has 1 amide bonds. The number of fused-ring (bicyclic) bond motifs is 1. The lowest BCUT2D eigenvalue weighted by atomic mass is 10.1. The summed E-state index contributed by atoms with van der Waals surface area (Å²) in [4.78, 5) is 17.5. The number of hydrogen-bond acceptors (Lipinski definition) is 5. The van der Waals surface area contributed by atoms with Crippen LogP contribution in [0.25, 0.3) is 11.3 Å². The zero-order valence-electron chi connectivity index (χ0n) is 17.7. The van der Waals surface area contributed by atoms with Crippen LogP contribution in [0, 0.1) is 0 Å². The second-order valence-corrected chi connectivity index (χ2v) is 10.7. The summed E-state index contributed by atoms with van der Waals surface area (Å²) in [6, 6.07) is 17.2. The van der Waals surface area contributed by atoms with Crippen molar-refractivity contribution in [3.8, 4) is 11.3 Å². The van der Waals surface area contributed by atoms with Gasteiger partial charge in [0.2, 0.25) is 0 Å². The van der Waals surface area contributed by atoms with Gasteiger partial charge in [-0.2, -0.15) is 0 Å². The summed E-state index contributed by atoms with van der Waals surface area (Å²) < 4.78 is 29.8. The normalized spacial score (nSPS) is 13.3. The summed E-state index contributed by atoms with van der Waals surface area (Å²) in [5.41, 5.74) is 3.27. The Balaban J connectivity index is 1.28. The van der Waals surface area contributed by atoms with E-state index in [2.05, 4.69) is 20.8 Å². The summed E-state index contributed by atoms with van der Waals surface area (Å²) >= 11 is 1.13. The van der Waals surface area contributed by atoms with Crippen LogP contribution in [0.3, 0.4) is 0 Å². The standard InChI is InChI=1S/C24H22N4O3S2/c29-24(18-5-3-6-20(15-18)27-33(30,31)23-8-4-14-32-23)25-19-11-9-17(10-12-19)21-16-28-13-2-1-7-22(28)26-21/h3-6,8-12,14-16,27H,1-2,7,13H2,(H,25,29). The van der Waals surface area contributed by atoms with Crippen LogP contribution in [0.2, 0.25) is 0 Å². The third-order valence-corrected chi connectivity index (χ3v) is 8.26. The highest BCUT2D eigenvalue weighted by molar-refractivity contribution is 7.94. The molecule has 1 aliphatic rings. The first-order valence-corrected chi connectivity index (χ1v) is 13.0. The minimum atomic E-state index is -3.67. The first-order chi connectivity index (χ1) is 16.0. The Morgan fingerprint density at radius 1 is 1.00 bits per heavy atom. The molecule has 2 aromatic heterocycles. The van der Waals surface area contributed by atoms with Gasteiger partial charge in [-0.1, -0.05) is 24.3 Å². The first-order valence-electron chi connectivity index (χ1n) is 10.6. The minimum Gasteiger partial charge on any atom is -0.334 e. The molecule has 2 N–H and O–H groups in total. The molecular weight excluding hydrogens is 456 g/mol. The second-order valence-electron chi connectivity index (χ2n) is 7.84. The number of nitrogens with one attached hydrogen (secondary N) is 2. The number of benzene rings is 2. The predicted octanol–water partition coefficient (Wildman–Crippen LogP) is 5.00. The molecule has 9 heteroatoms. The van der Waals surface area contributed by atoms with Gasteiger partial charge < -0.3 is 9.88 Å². The van der Waals surface area contributed by atoms with Gasteiger partial charge in [0.1, 0.15) is 10.0 Å². The SMILES string of the molecule is O=C(Nc1ccc(-c2cn3c(n2)CCCC3)cc1)c1cccc(NS(=O)(=O)c2cccs2)c1. The molecule has 4 aromatic rings. The smallest absolute Gasteiger partial charge is 0.271 e. The van der Waals surface area contributed by atoms with Gasteiger partial charge in [-0.05, 0) is 54.6 Å². The Labute approximate surface area is 196 Å². The summed E-state index contributed by atoms with van der Waals surface area (Å²) in [6.07, 6.45) is 5.46. The number of rotatable bonds is 6. The van der Waals surface area contributed by atoms with E-state index in [0.717, 1.165) is 41.4 Å². The molecule has 0 atom stereocenters. The molecule has 0 aliphatic carbocycles. The molecule has 0 saturated heterocycles. The fourth-order valence-corrected chi connectivity index (χ4v) is 5.87. The lowest BCUT2D eigenvalue weighted by molar-refractivity contribution is 0.102. The summed E-state index contributed by atoms with van der Waals surface area (Å²) in [5.74, 6) is 0.806. The number of aromatic nitrogens is 2. The Hall–Kier alpha value is -3.43. The van der Waals surface area contributed by atoms with Gasteiger partial charge in [-0.15, -0.1) is 11.3 Å². The molecule has 0 fully saturated rings. The van der Waals surface area contributed by atoms with E-state index in [1.807, 2.05) is 24.3 Å². The Bertz CT molecular complexity index is 1370. The zero-order valence-corrected chi connectivity index (χ0v) is 19.3. The van der Waals surface area contributed by atoms with Crippen LogP contribution in [-0.4, -0.2) is 23.9 Å². The fourth-order valence-electron chi connectivity index (χ4n) is 3.83. The zero-order chi connectivity index (χ0) is 22.8. The van der Waals surface area contributed by atoms with Crippen molar-refractivity contribution in [2.45, 2.75) is 30.0 Å². The van der Waals surface area contributed by atoms with Crippen molar-refractivity contribution in [1.29, 1.82) is 0 Å². The Morgan fingerprint density at radius 2 is 1.85 bits per heavy atom. The molecule has 5 rings (SSSR count). The molecule has 33 heavy (non-hydrogen) atoms. The van der Waals surface area contributed by atoms with E-state index >= 15 is 0 Å². The molecule has 2 aromatic carbocycles. The van der Waals surface area contributed by atoms with Crippen molar-refractivity contribution < 1.29 is 13.2 Å². The van der Waals surface area contributed by atoms with E-state index in [9.17, 15) is 13.2 Å². The van der Waals surface area contributed by atoms with Gasteiger partial charge in [-0.25, -0.2) is 13.4 Å². The minimum absolute atomic E-state index is 0.219. The first kappa shape index (κ1) is 21.4. The highest BCUT2D eigenvalue weighted by Gasteiger charge is 2.17. The molecule has 7 nitrogen and oxygen atoms in total. The number of aryl methyl sites for hydroxylation is 2. The number of carbonyl (C=O) groups excluding carboxylic acids is 1. The fraction of sp³-hybridized carbons (Fsp3) is 0.167. The van der Waals surface area contributed by atoms with E-state index < -0.39 is 10.0 Å². The largest absolute Gasteiger partial charge is 0.334 e. The lowest BCUT2D eigenvalue weighted by Crippen LogP contribution is -2.14. The molecular formula is C24H22N4O3S2. The van der Waals surface area contributed by atoms with E-state index in [1.165, 1.54) is 25.0 Å². The van der Waals surface area contributed by atoms with Crippen LogP contribution in [0.5, 0.6) is 0 Å². The van der Waals surface area contributed by atoms with E-state index in [-0.39, 0.29) is 10.1 Å². The van der Waals surface area contributed by atoms with Gasteiger partial charge in [0.25, 0.3) is 15.9 Å². The number of anilines is 2. The topological polar surface area (TPSA) is 93.1 Å². The molecule has 168 valence electrons. The lowest BCUT2D eigenvalue weighted by Gasteiger charge is -2.11. The average molecular weight is 479 g/mol. The maximum atomic E-state index is 12.7. The van der Waals surface area contributed by atoms with Crippen molar-refractivity contribution in [1.82, 2.24) is 9.55 Å². The van der Waals surface area contributed by atoms with Crippen molar-refractivity contribution in [3.05, 3.63) is 83.6 Å². The van der Waals surface area contributed by atoms with Gasteiger partial charge in [0.15, 0.2) is 0 Å². The van der Waals surface area contributed by atoms with Crippen LogP contribution in [-0.2, 0) is 23.0 Å². The van der Waals surface area contributed by atoms with Crippen LogP contribution >= 0.6 is 11.3 Å². The average Bonchev–Trinajstić information content (AvgIpc) is 3.50. The van der Waals surface area contributed by atoms with Crippen molar-refractivity contribution in [2.24, 2.45) is 0 Å². The van der Waals surface area contributed by atoms with Crippen LogP contribution in [0.15, 0.2) is 76.4 Å². The summed E-state index contributed by atoms with van der Waals surface area (Å²) in [6.45, 7) is 1.01. The van der Waals surface area contributed by atoms with Gasteiger partial charge in [-0.3, -0.25) is 9.52 Å². The molecule has 0 unspecified atom stereocenters. The number of nitrogens with zero attached hydrogens (tertiary/aromatic N) is 2. The molecule has 0 bridgehead atoms. The van der Waals surface area contributed by atoms with E-state index in [0.29, 0.717) is 16.9 Å². The monoisotopic (exact) mass is 478 g/mol. The number of carbonyl (C=O) groups is 1. The van der Waals surface area contributed by atoms with Crippen molar-refractivity contribution in [3.63, 3.8) is 0 Å². The maximum Gasteiger partial charge on any atom is 0.271 e. The number of sulfonamides is 1. The Morgan fingerprint density at radius 3 is 2.61 bits per heavy atom. The highest BCUT2D eigenvalue weighted by Crippen LogP contribution is 2.25. The number of thiophene rings is 1. The Kier molecular flexibility index (Phi) is 5.74. The van der Waals surface area contributed by atoms with Gasteiger partial charge in [0, 0.05) is 41.7 Å². The molecule has 1 aliphatic heterocycles. The molecule has 3 heterocycles. The number of amides is 1. The summed E-state index contributed by atoms with van der Waals surface area (Å²) in [5, 5.41) is 4.56. The third kappa shape index (κ3) is 4.69. The van der Waals surface area contributed by atoms with Crippen LogP contribution < -0.4 is 10.0 Å². The highest BCUT2D eigenvalue weighted by atomic mass is 32.2. The van der Waals surface area contributed by atoms with Crippen molar-refractivity contribution >= 4 is 38.6 Å². The van der Waals surface area contributed by atoms with Crippen LogP contribution in [0.4, 0.5) is 11.4 Å². The summed E-state index contributed by atoms with van der Waals surface area (Å²) in [7, 11) is -3.67. The second kappa shape index (κ2) is 8.84. The van der Waals surface area contributed by atoms with Crippen LogP contribution in [0.1, 0.15) is 29.0 Å².